The Hall–Kier alpha value is -2.28. The molecule has 110 valence electrons. The molecule has 2 rings (SSSR count). The normalized spacial score (nSPS) is 10.2. The van der Waals surface area contributed by atoms with Gasteiger partial charge in [0.1, 0.15) is 17.4 Å². The summed E-state index contributed by atoms with van der Waals surface area (Å²) in [7, 11) is 0. The van der Waals surface area contributed by atoms with Gasteiger partial charge in [0.25, 0.3) is 0 Å². The number of carbonyl (C=O) groups is 1. The SMILES string of the molecule is CCOc1ccc(Nc2nc(C)ncc2C(=O)S)c(N)c1. The molecule has 21 heavy (non-hydrogen) atoms. The molecule has 0 saturated carbocycles. The monoisotopic (exact) mass is 304 g/mol. The van der Waals surface area contributed by atoms with Gasteiger partial charge in [-0.05, 0) is 26.0 Å². The van der Waals surface area contributed by atoms with E-state index in [0.29, 0.717) is 35.4 Å². The third kappa shape index (κ3) is 3.63. The standard InChI is InChI=1S/C14H16N4O2S/c1-3-20-9-4-5-12(11(15)6-9)18-13-10(14(19)21)7-16-8(2)17-13/h4-7H,3,15H2,1-2H3,(H,19,21)(H,16,17,18). The van der Waals surface area contributed by atoms with E-state index in [4.69, 9.17) is 10.5 Å². The molecule has 0 aliphatic heterocycles. The van der Waals surface area contributed by atoms with Crippen molar-refractivity contribution in [2.45, 2.75) is 13.8 Å². The van der Waals surface area contributed by atoms with Crippen molar-refractivity contribution < 1.29 is 9.53 Å². The molecule has 1 heterocycles. The minimum Gasteiger partial charge on any atom is -0.494 e. The number of nitrogens with two attached hydrogens (primary N) is 1. The summed E-state index contributed by atoms with van der Waals surface area (Å²) >= 11 is 3.82. The van der Waals surface area contributed by atoms with Crippen LogP contribution in [0.25, 0.3) is 0 Å². The second-order valence-corrected chi connectivity index (χ2v) is 4.70. The quantitative estimate of drug-likeness (QED) is 0.581. The number of carbonyl (C=O) groups excluding carboxylic acids is 1. The molecule has 1 aromatic heterocycles. The molecule has 0 radical (unpaired) electrons. The van der Waals surface area contributed by atoms with E-state index in [2.05, 4.69) is 27.9 Å². The highest BCUT2D eigenvalue weighted by Gasteiger charge is 2.12. The lowest BCUT2D eigenvalue weighted by Gasteiger charge is -2.12. The smallest absolute Gasteiger partial charge is 0.221 e. The van der Waals surface area contributed by atoms with Gasteiger partial charge in [-0.25, -0.2) is 9.97 Å². The molecule has 3 N–H and O–H groups in total. The number of hydrogen-bond donors (Lipinski definition) is 3. The van der Waals surface area contributed by atoms with E-state index >= 15 is 0 Å². The number of benzene rings is 1. The molecule has 0 atom stereocenters. The first-order valence-corrected chi connectivity index (χ1v) is 6.82. The summed E-state index contributed by atoms with van der Waals surface area (Å²) < 4.78 is 5.37. The molecule has 6 nitrogen and oxygen atoms in total. The van der Waals surface area contributed by atoms with Crippen molar-refractivity contribution in [3.63, 3.8) is 0 Å². The van der Waals surface area contributed by atoms with Crippen LogP contribution in [0.2, 0.25) is 0 Å². The van der Waals surface area contributed by atoms with Crippen molar-refractivity contribution in [2.75, 3.05) is 17.7 Å². The fourth-order valence-corrected chi connectivity index (χ4v) is 1.92. The van der Waals surface area contributed by atoms with Crippen molar-refractivity contribution in [3.8, 4) is 5.75 Å². The lowest BCUT2D eigenvalue weighted by atomic mass is 10.2. The highest BCUT2D eigenvalue weighted by atomic mass is 32.1. The zero-order valence-electron chi connectivity index (χ0n) is 11.8. The summed E-state index contributed by atoms with van der Waals surface area (Å²) in [5.41, 5.74) is 7.39. The van der Waals surface area contributed by atoms with Crippen LogP contribution in [0.4, 0.5) is 17.2 Å². The van der Waals surface area contributed by atoms with E-state index in [1.165, 1.54) is 6.20 Å². The molecule has 0 spiro atoms. The third-order valence-electron chi connectivity index (χ3n) is 2.73. The van der Waals surface area contributed by atoms with E-state index in [1.807, 2.05) is 6.92 Å². The maximum absolute atomic E-state index is 11.5. The van der Waals surface area contributed by atoms with Crippen molar-refractivity contribution in [2.24, 2.45) is 0 Å². The largest absolute Gasteiger partial charge is 0.494 e. The second-order valence-electron chi connectivity index (χ2n) is 4.29. The number of hydrogen-bond acceptors (Lipinski definition) is 6. The maximum atomic E-state index is 11.5. The lowest BCUT2D eigenvalue weighted by molar-refractivity contribution is 0.109. The molecule has 0 unspecified atom stereocenters. The highest BCUT2D eigenvalue weighted by Crippen LogP contribution is 2.28. The second kappa shape index (κ2) is 6.45. The molecular formula is C14H16N4O2S. The predicted molar refractivity (Wildman–Crippen MR) is 85.4 cm³/mol. The van der Waals surface area contributed by atoms with Crippen molar-refractivity contribution >= 4 is 34.9 Å². The van der Waals surface area contributed by atoms with Crippen LogP contribution in [-0.2, 0) is 0 Å². The fourth-order valence-electron chi connectivity index (χ4n) is 1.76. The van der Waals surface area contributed by atoms with Gasteiger partial charge in [-0.3, -0.25) is 4.79 Å². The summed E-state index contributed by atoms with van der Waals surface area (Å²) in [6.07, 6.45) is 1.44. The summed E-state index contributed by atoms with van der Waals surface area (Å²) in [5.74, 6) is 1.60. The Balaban J connectivity index is 2.34. The first kappa shape index (κ1) is 15.1. The zero-order chi connectivity index (χ0) is 15.4. The lowest BCUT2D eigenvalue weighted by Crippen LogP contribution is -2.06. The minimum absolute atomic E-state index is 0.289. The number of nitrogens with zero attached hydrogens (tertiary/aromatic N) is 2. The predicted octanol–water partition coefficient (Wildman–Crippen LogP) is 2.58. The van der Waals surface area contributed by atoms with Crippen LogP contribution in [0.15, 0.2) is 24.4 Å². The van der Waals surface area contributed by atoms with Crippen LogP contribution in [0.1, 0.15) is 23.1 Å². The van der Waals surface area contributed by atoms with Gasteiger partial charge >= 0.3 is 0 Å². The van der Waals surface area contributed by atoms with Gasteiger partial charge in [0.15, 0.2) is 0 Å². The molecule has 0 bridgehead atoms. The average Bonchev–Trinajstić information content (AvgIpc) is 2.42. The van der Waals surface area contributed by atoms with Crippen LogP contribution in [0.5, 0.6) is 5.75 Å². The van der Waals surface area contributed by atoms with Gasteiger partial charge < -0.3 is 15.8 Å². The average molecular weight is 304 g/mol. The Morgan fingerprint density at radius 2 is 2.24 bits per heavy atom. The minimum atomic E-state index is -0.415. The number of aryl methyl sites for hydroxylation is 1. The number of aromatic nitrogens is 2. The number of anilines is 3. The van der Waals surface area contributed by atoms with Crippen LogP contribution in [0, 0.1) is 6.92 Å². The van der Waals surface area contributed by atoms with Crippen molar-refractivity contribution in [1.82, 2.24) is 9.97 Å². The van der Waals surface area contributed by atoms with Crippen molar-refractivity contribution in [1.29, 1.82) is 0 Å². The highest BCUT2D eigenvalue weighted by molar-refractivity contribution is 7.97. The van der Waals surface area contributed by atoms with Gasteiger partial charge in [0, 0.05) is 12.3 Å². The number of thiol groups is 1. The van der Waals surface area contributed by atoms with Gasteiger partial charge in [-0.1, -0.05) is 0 Å². The molecule has 0 aliphatic carbocycles. The zero-order valence-corrected chi connectivity index (χ0v) is 12.6. The number of ether oxygens (including phenoxy) is 1. The molecule has 1 aromatic carbocycles. The van der Waals surface area contributed by atoms with Gasteiger partial charge in [-0.15, -0.1) is 12.6 Å². The molecule has 0 saturated heterocycles. The Labute approximate surface area is 128 Å². The summed E-state index contributed by atoms with van der Waals surface area (Å²) in [6, 6.07) is 5.27. The van der Waals surface area contributed by atoms with E-state index in [1.54, 1.807) is 25.1 Å². The van der Waals surface area contributed by atoms with Gasteiger partial charge in [-0.2, -0.15) is 0 Å². The van der Waals surface area contributed by atoms with E-state index in [9.17, 15) is 4.79 Å². The van der Waals surface area contributed by atoms with Gasteiger partial charge in [0.05, 0.1) is 23.5 Å². The fraction of sp³-hybridized carbons (Fsp3) is 0.214. The van der Waals surface area contributed by atoms with Crippen molar-refractivity contribution in [3.05, 3.63) is 35.8 Å². The van der Waals surface area contributed by atoms with Crippen LogP contribution in [-0.4, -0.2) is 21.7 Å². The van der Waals surface area contributed by atoms with Crippen LogP contribution in [0.3, 0.4) is 0 Å². The van der Waals surface area contributed by atoms with E-state index < -0.39 is 5.12 Å². The first-order valence-electron chi connectivity index (χ1n) is 6.37. The van der Waals surface area contributed by atoms with Gasteiger partial charge in [0.2, 0.25) is 5.12 Å². The molecule has 0 amide bonds. The summed E-state index contributed by atoms with van der Waals surface area (Å²) in [4.78, 5) is 19.7. The Morgan fingerprint density at radius 3 is 2.86 bits per heavy atom. The Morgan fingerprint density at radius 1 is 1.48 bits per heavy atom. The summed E-state index contributed by atoms with van der Waals surface area (Å²) in [6.45, 7) is 4.20. The Kier molecular flexibility index (Phi) is 4.64. The molecule has 7 heteroatoms. The number of nitrogen functional groups attached to an aromatic ring is 1. The third-order valence-corrected chi connectivity index (χ3v) is 2.97. The molecule has 0 aliphatic rings. The topological polar surface area (TPSA) is 90.1 Å². The maximum Gasteiger partial charge on any atom is 0.221 e. The van der Waals surface area contributed by atoms with Crippen LogP contribution >= 0.6 is 12.6 Å². The van der Waals surface area contributed by atoms with Crippen LogP contribution < -0.4 is 15.8 Å². The van der Waals surface area contributed by atoms with E-state index in [-0.39, 0.29) is 5.56 Å². The number of nitrogens with one attached hydrogen (secondary N) is 1. The molecule has 2 aromatic rings. The van der Waals surface area contributed by atoms with E-state index in [0.717, 1.165) is 0 Å². The molecular weight excluding hydrogens is 288 g/mol. The number of rotatable bonds is 5. The summed E-state index contributed by atoms with van der Waals surface area (Å²) in [5, 5.41) is 2.62. The molecule has 0 fully saturated rings. The first-order chi connectivity index (χ1) is 10.0. The Bertz CT molecular complexity index is 676.